The fourth-order valence-electron chi connectivity index (χ4n) is 4.09. The molecule has 2 aliphatic rings. The Morgan fingerprint density at radius 2 is 1.94 bits per heavy atom. The number of likely N-dealkylation sites (tertiary alicyclic amines) is 1. The Bertz CT molecular complexity index is 1030. The second kappa shape index (κ2) is 9.85. The second-order valence-electron chi connectivity index (χ2n) is 8.19. The van der Waals surface area contributed by atoms with Gasteiger partial charge in [-0.15, -0.1) is 0 Å². The first-order valence-electron chi connectivity index (χ1n) is 11.1. The average Bonchev–Trinajstić information content (AvgIpc) is 3.22. The van der Waals surface area contributed by atoms with Gasteiger partial charge >= 0.3 is 6.09 Å². The maximum Gasteiger partial charge on any atom is 0.409 e. The molecule has 0 atom stereocenters. The number of amides is 2. The summed E-state index contributed by atoms with van der Waals surface area (Å²) in [6.45, 7) is 5.71. The van der Waals surface area contributed by atoms with E-state index in [9.17, 15) is 9.59 Å². The summed E-state index contributed by atoms with van der Waals surface area (Å²) in [4.78, 5) is 30.8. The van der Waals surface area contributed by atoms with Crippen molar-refractivity contribution < 1.29 is 19.1 Å². The number of piperidine rings is 1. The summed E-state index contributed by atoms with van der Waals surface area (Å²) in [7, 11) is 0. The topological polar surface area (TPSA) is 80.2 Å². The van der Waals surface area contributed by atoms with Crippen molar-refractivity contribution in [1.29, 1.82) is 0 Å². The first-order chi connectivity index (χ1) is 15.5. The maximum atomic E-state index is 12.7. The molecule has 0 unspecified atom stereocenters. The molecule has 0 saturated carbocycles. The summed E-state index contributed by atoms with van der Waals surface area (Å²) in [6, 6.07) is 13.6. The number of hydrogen-bond donors (Lipinski definition) is 1. The Morgan fingerprint density at radius 1 is 1.16 bits per heavy atom. The molecule has 4 rings (SSSR count). The van der Waals surface area contributed by atoms with Gasteiger partial charge in [-0.3, -0.25) is 9.79 Å². The average molecular weight is 436 g/mol. The van der Waals surface area contributed by atoms with E-state index in [0.29, 0.717) is 31.9 Å². The fraction of sp³-hybridized carbons (Fsp3) is 0.400. The van der Waals surface area contributed by atoms with Crippen molar-refractivity contribution in [3.8, 4) is 5.75 Å². The highest BCUT2D eigenvalue weighted by Gasteiger charge is 2.25. The van der Waals surface area contributed by atoms with Crippen LogP contribution in [0, 0.1) is 6.92 Å². The van der Waals surface area contributed by atoms with Gasteiger partial charge in [-0.05, 0) is 62.1 Å². The van der Waals surface area contributed by atoms with E-state index in [2.05, 4.69) is 16.4 Å². The van der Waals surface area contributed by atoms with Gasteiger partial charge < -0.3 is 19.7 Å². The van der Waals surface area contributed by atoms with Crippen molar-refractivity contribution in [2.45, 2.75) is 39.2 Å². The first-order valence-corrected chi connectivity index (χ1v) is 11.1. The van der Waals surface area contributed by atoms with Crippen LogP contribution in [0.5, 0.6) is 5.75 Å². The molecule has 2 aromatic carbocycles. The van der Waals surface area contributed by atoms with Crippen LogP contribution in [0.15, 0.2) is 47.5 Å². The van der Waals surface area contributed by atoms with E-state index < -0.39 is 0 Å². The van der Waals surface area contributed by atoms with Crippen molar-refractivity contribution in [3.63, 3.8) is 0 Å². The molecule has 0 spiro atoms. The summed E-state index contributed by atoms with van der Waals surface area (Å²) in [5, 5.41) is 3.08. The van der Waals surface area contributed by atoms with Gasteiger partial charge in [0.05, 0.1) is 18.0 Å². The first kappa shape index (κ1) is 21.9. The van der Waals surface area contributed by atoms with E-state index in [-0.39, 0.29) is 18.0 Å². The van der Waals surface area contributed by atoms with Crippen LogP contribution in [0.4, 0.5) is 10.5 Å². The molecular weight excluding hydrogens is 406 g/mol. The van der Waals surface area contributed by atoms with Gasteiger partial charge in [-0.25, -0.2) is 4.79 Å². The molecule has 2 aliphatic heterocycles. The third-order valence-electron chi connectivity index (χ3n) is 5.85. The number of aryl methyl sites for hydroxylation is 1. The fourth-order valence-corrected chi connectivity index (χ4v) is 4.09. The second-order valence-corrected chi connectivity index (χ2v) is 8.19. The number of aliphatic imine (C=N–C) groups is 1. The molecule has 0 radical (unpaired) electrons. The lowest BCUT2D eigenvalue weighted by Gasteiger charge is -2.31. The van der Waals surface area contributed by atoms with Crippen LogP contribution in [-0.2, 0) is 11.2 Å². The number of nitrogens with one attached hydrogen (secondary N) is 1. The zero-order chi connectivity index (χ0) is 22.5. The van der Waals surface area contributed by atoms with E-state index in [4.69, 9.17) is 9.47 Å². The van der Waals surface area contributed by atoms with Crippen LogP contribution in [0.1, 0.15) is 41.3 Å². The van der Waals surface area contributed by atoms with Gasteiger partial charge in [-0.2, -0.15) is 0 Å². The summed E-state index contributed by atoms with van der Waals surface area (Å²) in [5.74, 6) is 0.646. The minimum atomic E-state index is -0.282. The molecule has 1 saturated heterocycles. The number of para-hydroxylation sites is 1. The molecule has 32 heavy (non-hydrogen) atoms. The Hall–Kier alpha value is -3.35. The molecule has 2 heterocycles. The van der Waals surface area contributed by atoms with Gasteiger partial charge in [0.15, 0.2) is 0 Å². The van der Waals surface area contributed by atoms with Gasteiger partial charge in [-0.1, -0.05) is 18.2 Å². The lowest BCUT2D eigenvalue weighted by atomic mass is 10.0. The van der Waals surface area contributed by atoms with Gasteiger partial charge in [0.25, 0.3) is 5.91 Å². The third-order valence-corrected chi connectivity index (χ3v) is 5.85. The van der Waals surface area contributed by atoms with Gasteiger partial charge in [0, 0.05) is 31.1 Å². The molecule has 0 aliphatic carbocycles. The summed E-state index contributed by atoms with van der Waals surface area (Å²) < 4.78 is 11.0. The standard InChI is InChI=1S/C25H29N3O4/c1-3-31-25(30)28-12-10-20(11-13-28)27-24(29)19-8-9-23(17(2)14-19)32-16-21-15-18-6-4-5-7-22(18)26-21/h4-9,14,20H,3,10-13,15-16H2,1-2H3,(H,27,29). The van der Waals surface area contributed by atoms with Crippen molar-refractivity contribution in [3.05, 3.63) is 59.2 Å². The van der Waals surface area contributed by atoms with E-state index >= 15 is 0 Å². The Morgan fingerprint density at radius 3 is 2.66 bits per heavy atom. The molecule has 0 bridgehead atoms. The zero-order valence-corrected chi connectivity index (χ0v) is 18.6. The van der Waals surface area contributed by atoms with Crippen molar-refractivity contribution in [2.24, 2.45) is 4.99 Å². The van der Waals surface area contributed by atoms with Crippen LogP contribution in [0.3, 0.4) is 0 Å². The van der Waals surface area contributed by atoms with Crippen LogP contribution >= 0.6 is 0 Å². The molecule has 7 heteroatoms. The Labute approximate surface area is 188 Å². The van der Waals surface area contributed by atoms with E-state index in [1.54, 1.807) is 17.9 Å². The normalized spacial score (nSPS) is 15.7. The van der Waals surface area contributed by atoms with Crippen molar-refractivity contribution in [2.75, 3.05) is 26.3 Å². The maximum absolute atomic E-state index is 12.7. The largest absolute Gasteiger partial charge is 0.487 e. The number of ether oxygens (including phenoxy) is 2. The predicted molar refractivity (Wildman–Crippen MR) is 123 cm³/mol. The highest BCUT2D eigenvalue weighted by atomic mass is 16.6. The van der Waals surface area contributed by atoms with Gasteiger partial charge in [0.1, 0.15) is 12.4 Å². The number of carbonyl (C=O) groups is 2. The number of nitrogens with zero attached hydrogens (tertiary/aromatic N) is 2. The molecule has 2 aromatic rings. The molecule has 168 valence electrons. The minimum absolute atomic E-state index is 0.0476. The lowest BCUT2D eigenvalue weighted by Crippen LogP contribution is -2.46. The van der Waals surface area contributed by atoms with Crippen LogP contribution in [-0.4, -0.2) is 55.0 Å². The Balaban J connectivity index is 1.28. The van der Waals surface area contributed by atoms with Crippen LogP contribution in [0.2, 0.25) is 0 Å². The van der Waals surface area contributed by atoms with Crippen LogP contribution < -0.4 is 10.1 Å². The molecule has 1 N–H and O–H groups in total. The summed E-state index contributed by atoms with van der Waals surface area (Å²) in [6.07, 6.45) is 1.96. The lowest BCUT2D eigenvalue weighted by molar-refractivity contribution is 0.0860. The summed E-state index contributed by atoms with van der Waals surface area (Å²) in [5.41, 5.74) is 4.76. The van der Waals surface area contributed by atoms with Crippen molar-refractivity contribution in [1.82, 2.24) is 10.2 Å². The zero-order valence-electron chi connectivity index (χ0n) is 18.6. The third kappa shape index (κ3) is 5.10. The highest BCUT2D eigenvalue weighted by molar-refractivity contribution is 5.95. The number of carbonyl (C=O) groups excluding carboxylic acids is 2. The number of benzene rings is 2. The van der Waals surface area contributed by atoms with E-state index in [1.165, 1.54) is 5.56 Å². The SMILES string of the molecule is CCOC(=O)N1CCC(NC(=O)c2ccc(OCC3=Nc4ccccc4C3)c(C)c2)CC1. The minimum Gasteiger partial charge on any atom is -0.487 e. The van der Waals surface area contributed by atoms with E-state index in [0.717, 1.165) is 42.0 Å². The molecular formula is C25H29N3O4. The molecule has 7 nitrogen and oxygen atoms in total. The molecule has 0 aromatic heterocycles. The number of rotatable bonds is 6. The molecule has 2 amide bonds. The number of hydrogen-bond acceptors (Lipinski definition) is 5. The summed E-state index contributed by atoms with van der Waals surface area (Å²) >= 11 is 0. The number of fused-ring (bicyclic) bond motifs is 1. The quantitative estimate of drug-likeness (QED) is 0.742. The monoisotopic (exact) mass is 435 g/mol. The van der Waals surface area contributed by atoms with Crippen LogP contribution in [0.25, 0.3) is 0 Å². The molecule has 1 fully saturated rings. The van der Waals surface area contributed by atoms with Gasteiger partial charge in [0.2, 0.25) is 0 Å². The van der Waals surface area contributed by atoms with E-state index in [1.807, 2.05) is 37.3 Å². The predicted octanol–water partition coefficient (Wildman–Crippen LogP) is 4.05. The Kier molecular flexibility index (Phi) is 6.73. The van der Waals surface area contributed by atoms with Crippen molar-refractivity contribution >= 4 is 23.4 Å². The smallest absolute Gasteiger partial charge is 0.409 e. The highest BCUT2D eigenvalue weighted by Crippen LogP contribution is 2.27.